The number of phenolic OH excluding ortho intramolecular Hbond substituents is 2. The van der Waals surface area contributed by atoms with E-state index in [1.54, 1.807) is 20.3 Å². The number of ether oxygens (including phenoxy) is 2. The van der Waals surface area contributed by atoms with E-state index in [2.05, 4.69) is 13.8 Å². The van der Waals surface area contributed by atoms with E-state index in [0.717, 1.165) is 17.5 Å². The minimum absolute atomic E-state index is 0.134. The number of fused-ring (bicyclic) bond motifs is 1. The van der Waals surface area contributed by atoms with Gasteiger partial charge in [0.15, 0.2) is 23.0 Å². The number of rotatable bonds is 3. The molecule has 4 heteroatoms. The molecule has 24 heavy (non-hydrogen) atoms. The highest BCUT2D eigenvalue weighted by atomic mass is 16.5. The van der Waals surface area contributed by atoms with Gasteiger partial charge in [-0.05, 0) is 59.2 Å². The number of methoxy groups -OCH3 is 2. The maximum Gasteiger partial charge on any atom is 0.160 e. The van der Waals surface area contributed by atoms with Crippen molar-refractivity contribution in [2.45, 2.75) is 26.2 Å². The summed E-state index contributed by atoms with van der Waals surface area (Å²) in [5.41, 5.74) is 3.40. The van der Waals surface area contributed by atoms with Gasteiger partial charge >= 0.3 is 0 Å². The molecular formula is C20H24O4. The van der Waals surface area contributed by atoms with E-state index in [-0.39, 0.29) is 17.4 Å². The fourth-order valence-electron chi connectivity index (χ4n) is 3.77. The zero-order valence-corrected chi connectivity index (χ0v) is 14.5. The van der Waals surface area contributed by atoms with Gasteiger partial charge in [0.25, 0.3) is 0 Å². The van der Waals surface area contributed by atoms with Crippen LogP contribution < -0.4 is 9.47 Å². The van der Waals surface area contributed by atoms with E-state index in [4.69, 9.17) is 9.47 Å². The van der Waals surface area contributed by atoms with Crippen LogP contribution in [-0.4, -0.2) is 24.4 Å². The number of hydrogen-bond donors (Lipinski definition) is 2. The van der Waals surface area contributed by atoms with Crippen LogP contribution in [0.5, 0.6) is 23.0 Å². The Morgan fingerprint density at radius 3 is 2.25 bits per heavy atom. The molecule has 2 N–H and O–H groups in total. The smallest absolute Gasteiger partial charge is 0.160 e. The van der Waals surface area contributed by atoms with Crippen LogP contribution in [-0.2, 0) is 6.42 Å². The maximum absolute atomic E-state index is 10.2. The Kier molecular flexibility index (Phi) is 4.31. The summed E-state index contributed by atoms with van der Waals surface area (Å²) < 4.78 is 10.5. The van der Waals surface area contributed by atoms with E-state index < -0.39 is 0 Å². The monoisotopic (exact) mass is 328 g/mol. The fraction of sp³-hybridized carbons (Fsp3) is 0.400. The lowest BCUT2D eigenvalue weighted by molar-refractivity contribution is 0.319. The van der Waals surface area contributed by atoms with Crippen LogP contribution in [0.15, 0.2) is 30.3 Å². The molecule has 0 bridgehead atoms. The third-order valence-corrected chi connectivity index (χ3v) is 5.30. The van der Waals surface area contributed by atoms with Gasteiger partial charge in [0.2, 0.25) is 0 Å². The van der Waals surface area contributed by atoms with Crippen LogP contribution in [0.4, 0.5) is 0 Å². The molecule has 1 aliphatic carbocycles. The summed E-state index contributed by atoms with van der Waals surface area (Å²) >= 11 is 0. The van der Waals surface area contributed by atoms with Crippen LogP contribution in [0.3, 0.4) is 0 Å². The van der Waals surface area contributed by atoms with Crippen molar-refractivity contribution in [1.82, 2.24) is 0 Å². The molecule has 3 atom stereocenters. The summed E-state index contributed by atoms with van der Waals surface area (Å²) in [6, 6.07) is 9.25. The van der Waals surface area contributed by atoms with Gasteiger partial charge in [-0.3, -0.25) is 0 Å². The molecule has 4 nitrogen and oxygen atoms in total. The quantitative estimate of drug-likeness (QED) is 0.891. The zero-order chi connectivity index (χ0) is 17.4. The Hall–Kier alpha value is -2.36. The molecule has 1 aliphatic rings. The minimum Gasteiger partial charge on any atom is -0.504 e. The van der Waals surface area contributed by atoms with Gasteiger partial charge in [-0.15, -0.1) is 0 Å². The lowest BCUT2D eigenvalue weighted by atomic mass is 9.68. The lowest BCUT2D eigenvalue weighted by Gasteiger charge is -2.37. The predicted octanol–water partition coefficient (Wildman–Crippen LogP) is 4.08. The molecule has 0 fully saturated rings. The average Bonchev–Trinajstić information content (AvgIpc) is 2.57. The molecule has 2 aromatic carbocycles. The van der Waals surface area contributed by atoms with E-state index in [1.807, 2.05) is 24.3 Å². The molecular weight excluding hydrogens is 304 g/mol. The van der Waals surface area contributed by atoms with Crippen molar-refractivity contribution < 1.29 is 19.7 Å². The van der Waals surface area contributed by atoms with Crippen LogP contribution in [0, 0.1) is 11.8 Å². The van der Waals surface area contributed by atoms with Gasteiger partial charge in [-0.2, -0.15) is 0 Å². The van der Waals surface area contributed by atoms with Crippen LogP contribution >= 0.6 is 0 Å². The van der Waals surface area contributed by atoms with E-state index >= 15 is 0 Å². The average molecular weight is 328 g/mol. The summed E-state index contributed by atoms with van der Waals surface area (Å²) in [4.78, 5) is 0. The summed E-state index contributed by atoms with van der Waals surface area (Å²) in [5, 5.41) is 20.1. The second kappa shape index (κ2) is 6.27. The molecule has 0 saturated heterocycles. The molecule has 0 saturated carbocycles. The summed E-state index contributed by atoms with van der Waals surface area (Å²) in [6.45, 7) is 4.48. The van der Waals surface area contributed by atoms with Crippen molar-refractivity contribution in [2.75, 3.05) is 14.2 Å². The second-order valence-electron chi connectivity index (χ2n) is 6.67. The van der Waals surface area contributed by atoms with Crippen molar-refractivity contribution in [3.05, 3.63) is 47.0 Å². The number of hydrogen-bond acceptors (Lipinski definition) is 4. The zero-order valence-electron chi connectivity index (χ0n) is 14.5. The summed E-state index contributed by atoms with van der Waals surface area (Å²) in [7, 11) is 3.12. The first-order chi connectivity index (χ1) is 11.5. The largest absolute Gasteiger partial charge is 0.504 e. The Bertz CT molecular complexity index is 754. The van der Waals surface area contributed by atoms with E-state index in [9.17, 15) is 10.2 Å². The Labute approximate surface area is 142 Å². The van der Waals surface area contributed by atoms with Gasteiger partial charge < -0.3 is 19.7 Å². The van der Waals surface area contributed by atoms with Gasteiger partial charge in [0.1, 0.15) is 0 Å². The number of benzene rings is 2. The highest BCUT2D eigenvalue weighted by molar-refractivity contribution is 5.53. The Morgan fingerprint density at radius 2 is 1.58 bits per heavy atom. The van der Waals surface area contributed by atoms with Crippen LogP contribution in [0.1, 0.15) is 36.5 Å². The Balaban J connectivity index is 2.15. The second-order valence-corrected chi connectivity index (χ2v) is 6.67. The van der Waals surface area contributed by atoms with Gasteiger partial charge in [-0.1, -0.05) is 19.9 Å². The number of phenols is 2. The third kappa shape index (κ3) is 2.66. The molecule has 2 aromatic rings. The van der Waals surface area contributed by atoms with Gasteiger partial charge in [-0.25, -0.2) is 0 Å². The van der Waals surface area contributed by atoms with Crippen molar-refractivity contribution in [3.63, 3.8) is 0 Å². The highest BCUT2D eigenvalue weighted by Crippen LogP contribution is 2.47. The third-order valence-electron chi connectivity index (χ3n) is 5.30. The van der Waals surface area contributed by atoms with Gasteiger partial charge in [0, 0.05) is 5.92 Å². The maximum atomic E-state index is 10.2. The topological polar surface area (TPSA) is 58.9 Å². The van der Waals surface area contributed by atoms with Crippen molar-refractivity contribution in [3.8, 4) is 23.0 Å². The van der Waals surface area contributed by atoms with Crippen molar-refractivity contribution in [2.24, 2.45) is 11.8 Å². The predicted molar refractivity (Wildman–Crippen MR) is 93.2 cm³/mol. The molecule has 0 aromatic heterocycles. The first kappa shape index (κ1) is 16.5. The standard InChI is InChI=1S/C20H24O4/c1-11-7-14-9-19(24-4)17(22)10-15(14)20(12(11)2)13-5-6-16(21)18(8-13)23-3/h5-6,8-12,20-22H,7H2,1-4H3/t11-,12-,20+/m1/s1. The lowest BCUT2D eigenvalue weighted by Crippen LogP contribution is -2.26. The first-order valence-electron chi connectivity index (χ1n) is 8.23. The molecule has 0 spiro atoms. The molecule has 0 amide bonds. The minimum atomic E-state index is 0.134. The molecule has 0 aliphatic heterocycles. The molecule has 3 rings (SSSR count). The normalized spacial score (nSPS) is 22.8. The Morgan fingerprint density at radius 1 is 0.917 bits per heavy atom. The van der Waals surface area contributed by atoms with Crippen LogP contribution in [0.25, 0.3) is 0 Å². The molecule has 0 radical (unpaired) electrons. The van der Waals surface area contributed by atoms with Gasteiger partial charge in [0.05, 0.1) is 14.2 Å². The highest BCUT2D eigenvalue weighted by Gasteiger charge is 2.34. The first-order valence-corrected chi connectivity index (χ1v) is 8.23. The van der Waals surface area contributed by atoms with E-state index in [0.29, 0.717) is 23.3 Å². The van der Waals surface area contributed by atoms with E-state index in [1.165, 1.54) is 5.56 Å². The summed E-state index contributed by atoms with van der Waals surface area (Å²) in [5.74, 6) is 2.31. The molecule has 0 unspecified atom stereocenters. The SMILES string of the molecule is COc1cc([C@H]2c3cc(O)c(OC)cc3C[C@@H](C)[C@H]2C)ccc1O. The van der Waals surface area contributed by atoms with Crippen molar-refractivity contribution >= 4 is 0 Å². The fourth-order valence-corrected chi connectivity index (χ4v) is 3.77. The van der Waals surface area contributed by atoms with Crippen molar-refractivity contribution in [1.29, 1.82) is 0 Å². The molecule has 128 valence electrons. The van der Waals surface area contributed by atoms with Crippen LogP contribution in [0.2, 0.25) is 0 Å². The summed E-state index contributed by atoms with van der Waals surface area (Å²) in [6.07, 6.45) is 0.957. The number of aromatic hydroxyl groups is 2. The molecule has 0 heterocycles.